The molecule has 0 spiro atoms. The highest BCUT2D eigenvalue weighted by atomic mass is 32.1. The zero-order chi connectivity index (χ0) is 20.6. The van der Waals surface area contributed by atoms with Gasteiger partial charge in [-0.2, -0.15) is 0 Å². The van der Waals surface area contributed by atoms with Gasteiger partial charge in [0.2, 0.25) is 0 Å². The molecule has 2 heterocycles. The Labute approximate surface area is 189 Å². The number of benzene rings is 4. The molecule has 1 nitrogen and oxygen atoms in total. The molecular formula is C28H19NS2. The van der Waals surface area contributed by atoms with Gasteiger partial charge in [0.1, 0.15) is 0 Å². The first-order valence-electron chi connectivity index (χ1n) is 10.3. The lowest BCUT2D eigenvalue weighted by Crippen LogP contribution is -1.89. The van der Waals surface area contributed by atoms with E-state index in [1.54, 1.807) is 0 Å². The van der Waals surface area contributed by atoms with Crippen LogP contribution in [0.25, 0.3) is 41.1 Å². The van der Waals surface area contributed by atoms with Crippen LogP contribution in [-0.4, -0.2) is 0 Å². The van der Waals surface area contributed by atoms with Crippen LogP contribution in [-0.2, 0) is 0 Å². The number of anilines is 2. The number of hydrogen-bond donors (Lipinski definition) is 1. The van der Waals surface area contributed by atoms with Crippen molar-refractivity contribution in [3.05, 3.63) is 109 Å². The molecule has 0 bridgehead atoms. The van der Waals surface area contributed by atoms with Crippen LogP contribution >= 0.6 is 22.7 Å². The Morgan fingerprint density at radius 1 is 0.452 bits per heavy atom. The average molecular weight is 434 g/mol. The molecule has 3 heteroatoms. The quantitative estimate of drug-likeness (QED) is 0.292. The predicted molar refractivity (Wildman–Crippen MR) is 138 cm³/mol. The molecule has 0 atom stereocenters. The number of nitrogens with one attached hydrogen (secondary N) is 1. The van der Waals surface area contributed by atoms with Crippen LogP contribution in [0.3, 0.4) is 0 Å². The summed E-state index contributed by atoms with van der Waals surface area (Å²) >= 11 is 3.68. The summed E-state index contributed by atoms with van der Waals surface area (Å²) < 4.78 is 2.66. The smallest absolute Gasteiger partial charge is 0.0384 e. The van der Waals surface area contributed by atoms with E-state index in [0.29, 0.717) is 0 Å². The second kappa shape index (κ2) is 7.69. The Hall–Kier alpha value is -3.40. The van der Waals surface area contributed by atoms with Gasteiger partial charge in [0, 0.05) is 30.5 Å². The molecule has 148 valence electrons. The fourth-order valence-corrected chi connectivity index (χ4v) is 5.99. The third kappa shape index (κ3) is 3.63. The van der Waals surface area contributed by atoms with Gasteiger partial charge in [0.15, 0.2) is 0 Å². The van der Waals surface area contributed by atoms with Crippen molar-refractivity contribution in [2.75, 3.05) is 5.32 Å². The molecule has 0 fully saturated rings. The van der Waals surface area contributed by atoms with E-state index in [9.17, 15) is 0 Å². The van der Waals surface area contributed by atoms with Crippen LogP contribution in [0.4, 0.5) is 11.4 Å². The van der Waals surface area contributed by atoms with E-state index in [-0.39, 0.29) is 0 Å². The second-order valence-electron chi connectivity index (χ2n) is 7.58. The molecule has 0 saturated heterocycles. The summed E-state index contributed by atoms with van der Waals surface area (Å²) in [6.45, 7) is 0. The number of fused-ring (bicyclic) bond motifs is 2. The summed E-state index contributed by atoms with van der Waals surface area (Å²) in [5.74, 6) is 0. The fourth-order valence-electron chi connectivity index (χ4n) is 3.85. The third-order valence-corrected chi connectivity index (χ3v) is 7.81. The Morgan fingerprint density at radius 2 is 0.871 bits per heavy atom. The summed E-state index contributed by atoms with van der Waals surface area (Å²) in [5, 5.41) is 6.14. The van der Waals surface area contributed by atoms with E-state index < -0.39 is 0 Å². The molecule has 0 amide bonds. The molecule has 0 aliphatic carbocycles. The van der Waals surface area contributed by atoms with Crippen molar-refractivity contribution in [3.63, 3.8) is 0 Å². The van der Waals surface area contributed by atoms with Gasteiger partial charge in [-0.25, -0.2) is 0 Å². The van der Waals surface area contributed by atoms with Crippen molar-refractivity contribution in [2.45, 2.75) is 0 Å². The van der Waals surface area contributed by atoms with Crippen LogP contribution in [0.5, 0.6) is 0 Å². The highest BCUT2D eigenvalue weighted by Crippen LogP contribution is 2.35. The molecule has 6 aromatic rings. The van der Waals surface area contributed by atoms with Gasteiger partial charge in [-0.05, 0) is 70.4 Å². The van der Waals surface area contributed by atoms with E-state index >= 15 is 0 Å². The summed E-state index contributed by atoms with van der Waals surface area (Å²) in [6.07, 6.45) is 0. The second-order valence-corrected chi connectivity index (χ2v) is 9.74. The van der Waals surface area contributed by atoms with Crippen LogP contribution in [0.15, 0.2) is 109 Å². The largest absolute Gasteiger partial charge is 0.356 e. The topological polar surface area (TPSA) is 12.0 Å². The maximum atomic E-state index is 3.52. The van der Waals surface area contributed by atoms with Crippen LogP contribution in [0, 0.1) is 0 Å². The lowest BCUT2D eigenvalue weighted by molar-refractivity contribution is 1.55. The summed E-state index contributed by atoms with van der Waals surface area (Å²) in [6, 6.07) is 39.0. The van der Waals surface area contributed by atoms with E-state index in [4.69, 9.17) is 0 Å². The van der Waals surface area contributed by atoms with Gasteiger partial charge < -0.3 is 5.32 Å². The maximum Gasteiger partial charge on any atom is 0.0384 e. The molecular weight excluding hydrogens is 414 g/mol. The minimum Gasteiger partial charge on any atom is -0.356 e. The zero-order valence-corrected chi connectivity index (χ0v) is 18.3. The molecule has 0 aliphatic heterocycles. The van der Waals surface area contributed by atoms with Gasteiger partial charge in [0.05, 0.1) is 0 Å². The normalized spacial score (nSPS) is 11.2. The monoisotopic (exact) mass is 433 g/mol. The van der Waals surface area contributed by atoms with Crippen LogP contribution in [0.2, 0.25) is 0 Å². The molecule has 0 radical (unpaired) electrons. The van der Waals surface area contributed by atoms with Crippen molar-refractivity contribution >= 4 is 54.2 Å². The van der Waals surface area contributed by atoms with Gasteiger partial charge >= 0.3 is 0 Å². The predicted octanol–water partition coefficient (Wildman–Crippen LogP) is 9.19. The summed E-state index contributed by atoms with van der Waals surface area (Å²) in [4.78, 5) is 2.61. The first-order chi connectivity index (χ1) is 15.3. The highest BCUT2D eigenvalue weighted by molar-refractivity contribution is 7.22. The Bertz CT molecular complexity index is 1310. The molecule has 0 saturated carbocycles. The van der Waals surface area contributed by atoms with E-state index in [1.807, 2.05) is 22.7 Å². The molecule has 4 aromatic carbocycles. The lowest BCUT2D eigenvalue weighted by Gasteiger charge is -2.08. The average Bonchev–Trinajstić information content (AvgIpc) is 3.44. The van der Waals surface area contributed by atoms with Crippen LogP contribution in [0.1, 0.15) is 0 Å². The van der Waals surface area contributed by atoms with Crippen molar-refractivity contribution in [2.24, 2.45) is 0 Å². The van der Waals surface area contributed by atoms with Gasteiger partial charge in [-0.15, -0.1) is 22.7 Å². The first kappa shape index (κ1) is 18.4. The molecule has 6 rings (SSSR count). The molecule has 0 aliphatic rings. The molecule has 0 unspecified atom stereocenters. The molecule has 31 heavy (non-hydrogen) atoms. The first-order valence-corrected chi connectivity index (χ1v) is 11.9. The summed E-state index contributed by atoms with van der Waals surface area (Å²) in [5.41, 5.74) is 4.71. The van der Waals surface area contributed by atoms with Crippen molar-refractivity contribution in [3.8, 4) is 20.9 Å². The van der Waals surface area contributed by atoms with Crippen molar-refractivity contribution < 1.29 is 0 Å². The van der Waals surface area contributed by atoms with Crippen molar-refractivity contribution in [1.29, 1.82) is 0 Å². The van der Waals surface area contributed by atoms with E-state index in [1.165, 1.54) is 41.1 Å². The lowest BCUT2D eigenvalue weighted by atomic mass is 10.1. The van der Waals surface area contributed by atoms with E-state index in [2.05, 4.69) is 115 Å². The molecule has 1 N–H and O–H groups in total. The van der Waals surface area contributed by atoms with Crippen molar-refractivity contribution in [1.82, 2.24) is 0 Å². The minimum atomic E-state index is 1.10. The SMILES string of the molecule is c1ccc2sc(-c3ccc(Nc4ccc(-c5cc6ccccc6s5)cc4)cc3)cc2c1. The number of hydrogen-bond acceptors (Lipinski definition) is 3. The van der Waals surface area contributed by atoms with Gasteiger partial charge in [-0.3, -0.25) is 0 Å². The number of thiophene rings is 2. The maximum absolute atomic E-state index is 3.52. The van der Waals surface area contributed by atoms with Gasteiger partial charge in [-0.1, -0.05) is 60.7 Å². The Morgan fingerprint density at radius 3 is 1.29 bits per heavy atom. The highest BCUT2D eigenvalue weighted by Gasteiger charge is 2.06. The number of rotatable bonds is 4. The fraction of sp³-hybridized carbons (Fsp3) is 0. The Balaban J connectivity index is 1.20. The van der Waals surface area contributed by atoms with E-state index in [0.717, 1.165) is 11.4 Å². The summed E-state index contributed by atoms with van der Waals surface area (Å²) in [7, 11) is 0. The Kier molecular flexibility index (Phi) is 4.56. The van der Waals surface area contributed by atoms with Gasteiger partial charge in [0.25, 0.3) is 0 Å². The van der Waals surface area contributed by atoms with Crippen LogP contribution < -0.4 is 5.32 Å². The zero-order valence-electron chi connectivity index (χ0n) is 16.7. The standard InChI is InChI=1S/C28H19NS2/c1-3-7-25-21(5-1)17-27(30-25)19-9-13-23(14-10-19)29-24-15-11-20(12-16-24)28-18-22-6-2-4-8-26(22)31-28/h1-18,29H. The molecule has 2 aromatic heterocycles. The third-order valence-electron chi connectivity index (χ3n) is 5.48. The minimum absolute atomic E-state index is 1.10.